The van der Waals surface area contributed by atoms with Crippen LogP contribution in [0.4, 0.5) is 13.2 Å². The fourth-order valence-electron chi connectivity index (χ4n) is 4.70. The first-order chi connectivity index (χ1) is 18.2. The van der Waals surface area contributed by atoms with Gasteiger partial charge in [-0.1, -0.05) is 48.9 Å². The molecule has 14 heteroatoms. The van der Waals surface area contributed by atoms with Gasteiger partial charge in [0, 0.05) is 47.4 Å². The minimum atomic E-state index is -4.76. The number of benzene rings is 1. The molecule has 0 radical (unpaired) electrons. The third-order valence-electron chi connectivity index (χ3n) is 6.36. The van der Waals surface area contributed by atoms with Crippen LogP contribution in [0.5, 0.6) is 0 Å². The number of pyridine rings is 1. The average Bonchev–Trinajstić information content (AvgIpc) is 3.29. The molecule has 1 aromatic carbocycles. The molecule has 38 heavy (non-hydrogen) atoms. The minimum Gasteiger partial charge on any atom is -0.359 e. The molecule has 5 rings (SSSR count). The first-order valence-electron chi connectivity index (χ1n) is 11.6. The van der Waals surface area contributed by atoms with Crippen LogP contribution < -0.4 is 0 Å². The number of nitrogens with zero attached hydrogens (tertiary/aromatic N) is 4. The van der Waals surface area contributed by atoms with E-state index in [1.807, 2.05) is 59.8 Å². The predicted molar refractivity (Wildman–Crippen MR) is 135 cm³/mol. The Bertz CT molecular complexity index is 1270. The van der Waals surface area contributed by atoms with Crippen molar-refractivity contribution in [3.63, 3.8) is 0 Å². The van der Waals surface area contributed by atoms with E-state index in [4.69, 9.17) is 35.3 Å². The number of aromatic nitrogens is 4. The first-order valence-corrected chi connectivity index (χ1v) is 13.1. The van der Waals surface area contributed by atoms with Gasteiger partial charge in [-0.15, -0.1) is 5.10 Å². The third-order valence-corrected chi connectivity index (χ3v) is 7.02. The molecule has 9 nitrogen and oxygen atoms in total. The molecule has 0 saturated carbocycles. The number of rotatable bonds is 6. The van der Waals surface area contributed by atoms with Crippen molar-refractivity contribution in [2.24, 2.45) is 5.92 Å². The summed E-state index contributed by atoms with van der Waals surface area (Å²) in [7, 11) is 1.47. The van der Waals surface area contributed by atoms with Crippen LogP contribution in [0.15, 0.2) is 42.6 Å². The van der Waals surface area contributed by atoms with E-state index in [1.165, 1.54) is 7.11 Å². The highest BCUT2D eigenvalue weighted by Gasteiger charge is 2.51. The number of halogens is 5. The standard InChI is InChI=1S/C24H23ClF3IN4O5/c1-12-17-16(10-35-22(38-17)13-6-4-3-5-7-13)37-19(18(12)36-11-34-2)21-31-23(29)32-33(21)15-8-14(25)9-30-20(15)24(26,27)28/h3-9,12,16-19,22H,10-11H2,1-2H3/t12?,16?,17-,18?,19-,22?/m1/s1. The molecule has 0 bridgehead atoms. The normalized spacial score (nSPS) is 27.8. The average molecular weight is 667 g/mol. The van der Waals surface area contributed by atoms with Crippen molar-refractivity contribution in [2.45, 2.75) is 43.8 Å². The minimum absolute atomic E-state index is 0.00988. The fourth-order valence-corrected chi connectivity index (χ4v) is 5.32. The largest absolute Gasteiger partial charge is 0.435 e. The summed E-state index contributed by atoms with van der Waals surface area (Å²) in [5.74, 6) is -0.188. The van der Waals surface area contributed by atoms with Crippen molar-refractivity contribution in [1.82, 2.24) is 19.7 Å². The Morgan fingerprint density at radius 2 is 1.97 bits per heavy atom. The Kier molecular flexibility index (Phi) is 8.24. The lowest BCUT2D eigenvalue weighted by atomic mass is 9.86. The zero-order chi connectivity index (χ0) is 27.0. The van der Waals surface area contributed by atoms with Crippen LogP contribution in [0, 0.1) is 9.75 Å². The zero-order valence-electron chi connectivity index (χ0n) is 20.1. The predicted octanol–water partition coefficient (Wildman–Crippen LogP) is 5.12. The maximum atomic E-state index is 13.9. The monoisotopic (exact) mass is 666 g/mol. The van der Waals surface area contributed by atoms with Crippen LogP contribution in [0.2, 0.25) is 5.02 Å². The van der Waals surface area contributed by atoms with Crippen molar-refractivity contribution in [3.8, 4) is 5.69 Å². The summed E-state index contributed by atoms with van der Waals surface area (Å²) in [5.41, 5.74) is -0.674. The van der Waals surface area contributed by atoms with Crippen LogP contribution in [-0.2, 0) is 29.9 Å². The highest BCUT2D eigenvalue weighted by Crippen LogP contribution is 2.44. The molecule has 2 aromatic heterocycles. The molecule has 0 aliphatic carbocycles. The summed E-state index contributed by atoms with van der Waals surface area (Å²) < 4.78 is 72.7. The van der Waals surface area contributed by atoms with Crippen molar-refractivity contribution in [2.75, 3.05) is 20.5 Å². The lowest BCUT2D eigenvalue weighted by molar-refractivity contribution is -0.327. The molecule has 2 saturated heterocycles. The quantitative estimate of drug-likeness (QED) is 0.265. The van der Waals surface area contributed by atoms with E-state index in [9.17, 15) is 13.2 Å². The van der Waals surface area contributed by atoms with Gasteiger partial charge in [0.05, 0.1) is 29.5 Å². The number of fused-ring (bicyclic) bond motifs is 1. The van der Waals surface area contributed by atoms with Crippen molar-refractivity contribution in [3.05, 3.63) is 68.5 Å². The van der Waals surface area contributed by atoms with E-state index in [0.717, 1.165) is 22.5 Å². The van der Waals surface area contributed by atoms with Crippen molar-refractivity contribution in [1.29, 1.82) is 0 Å². The topological polar surface area (TPSA) is 89.8 Å². The second-order valence-electron chi connectivity index (χ2n) is 8.84. The van der Waals surface area contributed by atoms with Gasteiger partial charge in [0.2, 0.25) is 3.83 Å². The van der Waals surface area contributed by atoms with Gasteiger partial charge in [-0.25, -0.2) is 14.6 Å². The van der Waals surface area contributed by atoms with Crippen LogP contribution in [0.25, 0.3) is 5.69 Å². The lowest BCUT2D eigenvalue weighted by Crippen LogP contribution is -2.56. The third kappa shape index (κ3) is 5.55. The van der Waals surface area contributed by atoms with Gasteiger partial charge in [0.1, 0.15) is 19.0 Å². The molecule has 204 valence electrons. The summed E-state index contributed by atoms with van der Waals surface area (Å²) in [4.78, 5) is 7.96. The molecule has 2 aliphatic rings. The Labute approximate surface area is 234 Å². The summed E-state index contributed by atoms with van der Waals surface area (Å²) in [6.45, 7) is 2.04. The molecule has 0 N–H and O–H groups in total. The summed E-state index contributed by atoms with van der Waals surface area (Å²) in [6.07, 6.45) is -7.03. The second kappa shape index (κ2) is 11.3. The van der Waals surface area contributed by atoms with E-state index in [-0.39, 0.29) is 39.7 Å². The molecule has 0 amide bonds. The van der Waals surface area contributed by atoms with Gasteiger partial charge >= 0.3 is 6.18 Å². The number of methoxy groups -OCH3 is 1. The molecular formula is C24H23ClF3IN4O5. The number of hydrogen-bond acceptors (Lipinski definition) is 8. The molecule has 4 unspecified atom stereocenters. The van der Waals surface area contributed by atoms with Gasteiger partial charge in [0.25, 0.3) is 0 Å². The first kappa shape index (κ1) is 27.7. The Hall–Kier alpha value is -1.88. The Morgan fingerprint density at radius 3 is 2.68 bits per heavy atom. The molecule has 2 fully saturated rings. The van der Waals surface area contributed by atoms with Gasteiger partial charge in [-0.3, -0.25) is 0 Å². The molecule has 0 spiro atoms. The van der Waals surface area contributed by atoms with E-state index in [1.54, 1.807) is 0 Å². The van der Waals surface area contributed by atoms with E-state index in [0.29, 0.717) is 0 Å². The summed E-state index contributed by atoms with van der Waals surface area (Å²) >= 11 is 7.87. The highest BCUT2D eigenvalue weighted by atomic mass is 127. The van der Waals surface area contributed by atoms with E-state index in [2.05, 4.69) is 15.1 Å². The molecule has 3 aromatic rings. The smallest absolute Gasteiger partial charge is 0.359 e. The number of hydrogen-bond donors (Lipinski definition) is 0. The SMILES string of the molecule is COCOC1C(C)[C@H]2OC(c3ccccc3)OCC2O[C@H]1c1nc(I)nn1-c1cc(Cl)cnc1C(F)(F)F. The van der Waals surface area contributed by atoms with E-state index < -0.39 is 42.6 Å². The Balaban J connectivity index is 1.52. The molecule has 2 aliphatic heterocycles. The van der Waals surface area contributed by atoms with Crippen molar-refractivity contribution < 1.29 is 36.9 Å². The van der Waals surface area contributed by atoms with Gasteiger partial charge in [-0.2, -0.15) is 13.2 Å². The molecule has 4 heterocycles. The molecule has 6 atom stereocenters. The van der Waals surface area contributed by atoms with Crippen LogP contribution >= 0.6 is 34.2 Å². The van der Waals surface area contributed by atoms with Gasteiger partial charge in [-0.05, 0) is 6.07 Å². The number of alkyl halides is 3. The number of ether oxygens (including phenoxy) is 5. The molecular weight excluding hydrogens is 644 g/mol. The second-order valence-corrected chi connectivity index (χ2v) is 10.2. The van der Waals surface area contributed by atoms with Gasteiger partial charge in [0.15, 0.2) is 17.8 Å². The summed E-state index contributed by atoms with van der Waals surface area (Å²) in [6, 6.07) is 10.6. The lowest BCUT2D eigenvalue weighted by Gasteiger charge is -2.48. The Morgan fingerprint density at radius 1 is 1.21 bits per heavy atom. The van der Waals surface area contributed by atoms with Crippen LogP contribution in [0.1, 0.15) is 36.4 Å². The zero-order valence-corrected chi connectivity index (χ0v) is 23.1. The maximum absolute atomic E-state index is 13.9. The van der Waals surface area contributed by atoms with Crippen LogP contribution in [0.3, 0.4) is 0 Å². The highest BCUT2D eigenvalue weighted by molar-refractivity contribution is 14.1. The van der Waals surface area contributed by atoms with Gasteiger partial charge < -0.3 is 23.7 Å². The van der Waals surface area contributed by atoms with Crippen molar-refractivity contribution >= 4 is 34.2 Å². The summed E-state index contributed by atoms with van der Waals surface area (Å²) in [5, 5.41) is 4.24. The maximum Gasteiger partial charge on any atom is 0.435 e. The fraction of sp³-hybridized carbons (Fsp3) is 0.458. The van der Waals surface area contributed by atoms with Crippen LogP contribution in [-0.4, -0.2) is 58.6 Å². The van der Waals surface area contributed by atoms with E-state index >= 15 is 0 Å².